The number of nitrogens with two attached hydrogens (primary N) is 1. The Morgan fingerprint density at radius 1 is 1.39 bits per heavy atom. The fraction of sp³-hybridized carbons (Fsp3) is 0.692. The maximum atomic E-state index is 5.64. The van der Waals surface area contributed by atoms with Gasteiger partial charge in [-0.1, -0.05) is 20.8 Å². The smallest absolute Gasteiger partial charge is 0.218 e. The van der Waals surface area contributed by atoms with Gasteiger partial charge in [-0.3, -0.25) is 0 Å². The van der Waals surface area contributed by atoms with Crippen molar-refractivity contribution in [3.05, 3.63) is 11.9 Å². The predicted molar refractivity (Wildman–Crippen MR) is 73.4 cm³/mol. The van der Waals surface area contributed by atoms with Crippen molar-refractivity contribution in [1.29, 1.82) is 0 Å². The summed E-state index contributed by atoms with van der Waals surface area (Å²) in [6.45, 7) is 7.20. The Kier molecular flexibility index (Phi) is 6.43. The molecule has 1 heterocycles. The van der Waals surface area contributed by atoms with Crippen LogP contribution in [0.25, 0.3) is 0 Å². The van der Waals surface area contributed by atoms with Crippen LogP contribution in [0.3, 0.4) is 0 Å². The summed E-state index contributed by atoms with van der Waals surface area (Å²) in [7, 11) is 0. The first-order chi connectivity index (χ1) is 8.65. The molecule has 0 aliphatic heterocycles. The van der Waals surface area contributed by atoms with E-state index in [4.69, 9.17) is 10.6 Å². The minimum Gasteiger partial charge on any atom is -0.478 e. The zero-order chi connectivity index (χ0) is 13.4. The molecule has 1 aromatic heterocycles. The van der Waals surface area contributed by atoms with Gasteiger partial charge in [0.15, 0.2) is 0 Å². The molecule has 1 rings (SSSR count). The molecule has 0 aliphatic rings. The van der Waals surface area contributed by atoms with Gasteiger partial charge in [-0.25, -0.2) is 10.8 Å². The number of hydrogen-bond donors (Lipinski definition) is 2. The predicted octanol–water partition coefficient (Wildman–Crippen LogP) is 2.53. The summed E-state index contributed by atoms with van der Waals surface area (Å²) in [5.41, 5.74) is 2.54. The summed E-state index contributed by atoms with van der Waals surface area (Å²) in [6.07, 6.45) is 4.03. The van der Waals surface area contributed by atoms with E-state index in [-0.39, 0.29) is 0 Å². The van der Waals surface area contributed by atoms with Crippen molar-refractivity contribution in [3.63, 3.8) is 0 Å². The largest absolute Gasteiger partial charge is 0.478 e. The Morgan fingerprint density at radius 3 is 2.78 bits per heavy atom. The fourth-order valence-electron chi connectivity index (χ4n) is 1.62. The maximum absolute atomic E-state index is 5.64. The molecule has 0 aromatic carbocycles. The molecule has 0 aliphatic carbocycles. The van der Waals surface area contributed by atoms with Crippen molar-refractivity contribution in [2.75, 3.05) is 12.0 Å². The summed E-state index contributed by atoms with van der Waals surface area (Å²) >= 11 is 0. The van der Waals surface area contributed by atoms with E-state index in [1.165, 1.54) is 0 Å². The molecule has 0 amide bonds. The van der Waals surface area contributed by atoms with E-state index in [1.807, 2.05) is 0 Å². The molecule has 0 saturated heterocycles. The number of anilines is 1. The number of nitrogens with zero attached hydrogens (tertiary/aromatic N) is 2. The average molecular weight is 252 g/mol. The Bertz CT molecular complexity index is 355. The van der Waals surface area contributed by atoms with Crippen LogP contribution in [0.5, 0.6) is 5.88 Å². The van der Waals surface area contributed by atoms with Crippen LogP contribution in [0.2, 0.25) is 0 Å². The minimum absolute atomic E-state index is 0.602. The molecule has 1 aromatic rings. The van der Waals surface area contributed by atoms with Crippen molar-refractivity contribution < 1.29 is 4.74 Å². The molecule has 0 atom stereocenters. The number of nitrogen functional groups attached to an aromatic ring is 1. The number of aryl methyl sites for hydroxylation is 1. The first-order valence-corrected chi connectivity index (χ1v) is 6.63. The van der Waals surface area contributed by atoms with Crippen molar-refractivity contribution in [3.8, 4) is 5.88 Å². The maximum Gasteiger partial charge on any atom is 0.218 e. The molecule has 5 nitrogen and oxygen atoms in total. The van der Waals surface area contributed by atoms with Gasteiger partial charge in [0.2, 0.25) is 5.88 Å². The van der Waals surface area contributed by atoms with E-state index < -0.39 is 0 Å². The summed E-state index contributed by atoms with van der Waals surface area (Å²) in [4.78, 5) is 8.63. The molecule has 0 spiro atoms. The van der Waals surface area contributed by atoms with Gasteiger partial charge in [-0.15, -0.1) is 0 Å². The highest BCUT2D eigenvalue weighted by Crippen LogP contribution is 2.14. The van der Waals surface area contributed by atoms with Gasteiger partial charge in [-0.05, 0) is 25.2 Å². The molecule has 0 bridgehead atoms. The second kappa shape index (κ2) is 7.87. The van der Waals surface area contributed by atoms with Crippen molar-refractivity contribution >= 4 is 5.82 Å². The molecular formula is C13H24N4O. The second-order valence-electron chi connectivity index (χ2n) is 4.79. The molecule has 18 heavy (non-hydrogen) atoms. The van der Waals surface area contributed by atoms with E-state index >= 15 is 0 Å². The Labute approximate surface area is 109 Å². The third-order valence-corrected chi connectivity index (χ3v) is 2.55. The van der Waals surface area contributed by atoms with Crippen LogP contribution < -0.4 is 16.0 Å². The fourth-order valence-corrected chi connectivity index (χ4v) is 1.62. The van der Waals surface area contributed by atoms with E-state index in [1.54, 1.807) is 6.07 Å². The number of hydrazine groups is 1. The Morgan fingerprint density at radius 2 is 2.17 bits per heavy atom. The second-order valence-corrected chi connectivity index (χ2v) is 4.79. The lowest BCUT2D eigenvalue weighted by Crippen LogP contribution is -2.11. The molecule has 0 radical (unpaired) electrons. The first kappa shape index (κ1) is 14.7. The number of ether oxygens (including phenoxy) is 1. The topological polar surface area (TPSA) is 73.1 Å². The monoisotopic (exact) mass is 252 g/mol. The normalized spacial score (nSPS) is 10.7. The van der Waals surface area contributed by atoms with Crippen molar-refractivity contribution in [2.45, 2.75) is 46.5 Å². The van der Waals surface area contributed by atoms with Crippen LogP contribution in [-0.4, -0.2) is 16.6 Å². The number of hydrogen-bond acceptors (Lipinski definition) is 5. The van der Waals surface area contributed by atoms with Gasteiger partial charge >= 0.3 is 0 Å². The SMILES string of the molecule is CCCc1nc(NN)cc(OCCCC(C)C)n1. The van der Waals surface area contributed by atoms with Gasteiger partial charge in [-0.2, -0.15) is 4.98 Å². The van der Waals surface area contributed by atoms with Crippen LogP contribution in [0.1, 0.15) is 45.9 Å². The molecule has 3 N–H and O–H groups in total. The van der Waals surface area contributed by atoms with Crippen molar-refractivity contribution in [2.24, 2.45) is 11.8 Å². The van der Waals surface area contributed by atoms with Gasteiger partial charge in [0.25, 0.3) is 0 Å². The lowest BCUT2D eigenvalue weighted by molar-refractivity contribution is 0.286. The number of nitrogens with one attached hydrogen (secondary N) is 1. The van der Waals surface area contributed by atoms with Gasteiger partial charge in [0.1, 0.15) is 11.6 Å². The lowest BCUT2D eigenvalue weighted by atomic mass is 10.1. The highest BCUT2D eigenvalue weighted by atomic mass is 16.5. The molecule has 0 unspecified atom stereocenters. The van der Waals surface area contributed by atoms with E-state index in [2.05, 4.69) is 36.2 Å². The average Bonchev–Trinajstić information content (AvgIpc) is 2.34. The summed E-state index contributed by atoms with van der Waals surface area (Å²) in [6, 6.07) is 1.73. The highest BCUT2D eigenvalue weighted by Gasteiger charge is 2.04. The van der Waals surface area contributed by atoms with Crippen LogP contribution in [-0.2, 0) is 6.42 Å². The van der Waals surface area contributed by atoms with Crippen molar-refractivity contribution in [1.82, 2.24) is 9.97 Å². The quantitative estimate of drug-likeness (QED) is 0.422. The van der Waals surface area contributed by atoms with Crippen LogP contribution >= 0.6 is 0 Å². The zero-order valence-corrected chi connectivity index (χ0v) is 11.6. The highest BCUT2D eigenvalue weighted by molar-refractivity contribution is 5.36. The number of rotatable bonds is 8. The van der Waals surface area contributed by atoms with Crippen LogP contribution in [0.4, 0.5) is 5.82 Å². The number of aromatic nitrogens is 2. The first-order valence-electron chi connectivity index (χ1n) is 6.63. The standard InChI is InChI=1S/C13H24N4O/c1-4-6-11-15-12(17-14)9-13(16-11)18-8-5-7-10(2)3/h9-10H,4-8,14H2,1-3H3,(H,15,16,17). The molecule has 0 fully saturated rings. The third kappa shape index (κ3) is 5.31. The lowest BCUT2D eigenvalue weighted by Gasteiger charge is -2.09. The Balaban J connectivity index is 2.55. The third-order valence-electron chi connectivity index (χ3n) is 2.55. The van der Waals surface area contributed by atoms with Crippen LogP contribution in [0.15, 0.2) is 6.07 Å². The molecular weight excluding hydrogens is 228 g/mol. The molecule has 102 valence electrons. The Hall–Kier alpha value is -1.36. The van der Waals surface area contributed by atoms with E-state index in [0.29, 0.717) is 24.2 Å². The van der Waals surface area contributed by atoms with Crippen LogP contribution in [0, 0.1) is 5.92 Å². The molecule has 5 heteroatoms. The van der Waals surface area contributed by atoms with Gasteiger partial charge < -0.3 is 10.2 Å². The summed E-state index contributed by atoms with van der Waals surface area (Å²) < 4.78 is 5.64. The zero-order valence-electron chi connectivity index (χ0n) is 11.6. The van der Waals surface area contributed by atoms with Gasteiger partial charge in [0, 0.05) is 12.5 Å². The van der Waals surface area contributed by atoms with E-state index in [9.17, 15) is 0 Å². The molecule has 0 saturated carbocycles. The minimum atomic E-state index is 0.602. The summed E-state index contributed by atoms with van der Waals surface area (Å²) in [5, 5.41) is 0. The van der Waals surface area contributed by atoms with E-state index in [0.717, 1.165) is 31.5 Å². The van der Waals surface area contributed by atoms with Gasteiger partial charge in [0.05, 0.1) is 6.61 Å². The summed E-state index contributed by atoms with van der Waals surface area (Å²) in [5.74, 6) is 8.06.